The zero-order valence-electron chi connectivity index (χ0n) is 19.8. The molecule has 3 aromatic rings. The Bertz CT molecular complexity index is 1300. The van der Waals surface area contributed by atoms with Gasteiger partial charge in [0.2, 0.25) is 0 Å². The van der Waals surface area contributed by atoms with Gasteiger partial charge >= 0.3 is 12.4 Å². The van der Waals surface area contributed by atoms with E-state index in [-0.39, 0.29) is 17.9 Å². The fourth-order valence-electron chi connectivity index (χ4n) is 3.98. The second kappa shape index (κ2) is 10.8. The topological polar surface area (TPSA) is 50.2 Å². The second-order valence-corrected chi connectivity index (χ2v) is 8.86. The number of benzene rings is 2. The summed E-state index contributed by atoms with van der Waals surface area (Å²) in [7, 11) is 0. The molecule has 0 aliphatic rings. The zero-order valence-corrected chi connectivity index (χ0v) is 19.8. The van der Waals surface area contributed by atoms with Crippen molar-refractivity contribution >= 4 is 5.78 Å². The number of hydrogen-bond acceptors (Lipinski definition) is 3. The summed E-state index contributed by atoms with van der Waals surface area (Å²) in [6, 6.07) is 5.76. The molecule has 0 bridgehead atoms. The molecule has 0 spiro atoms. The van der Waals surface area contributed by atoms with Crippen molar-refractivity contribution in [2.45, 2.75) is 45.2 Å². The number of hydrogen-bond donors (Lipinski definition) is 1. The number of halogens is 9. The van der Waals surface area contributed by atoms with Crippen molar-refractivity contribution in [1.82, 2.24) is 4.98 Å². The number of rotatable bonds is 7. The summed E-state index contributed by atoms with van der Waals surface area (Å²) >= 11 is 0. The minimum Gasteiger partial charge on any atom is -0.388 e. The van der Waals surface area contributed by atoms with E-state index in [1.54, 1.807) is 13.8 Å². The fraction of sp³-hybridized carbons (Fsp3) is 0.308. The van der Waals surface area contributed by atoms with Crippen LogP contribution in [0.15, 0.2) is 48.5 Å². The Balaban J connectivity index is 2.47. The molecule has 38 heavy (non-hydrogen) atoms. The first kappa shape index (κ1) is 29.2. The minimum atomic E-state index is -5.46. The quantitative estimate of drug-likeness (QED) is 0.239. The lowest BCUT2D eigenvalue weighted by molar-refractivity contribution is -0.141. The molecule has 0 aliphatic heterocycles. The van der Waals surface area contributed by atoms with Gasteiger partial charge in [0.25, 0.3) is 6.43 Å². The Morgan fingerprint density at radius 2 is 1.45 bits per heavy atom. The minimum absolute atomic E-state index is 0.213. The highest BCUT2D eigenvalue weighted by Crippen LogP contribution is 2.45. The fourth-order valence-corrected chi connectivity index (χ4v) is 3.98. The number of aromatic nitrogens is 1. The lowest BCUT2D eigenvalue weighted by Gasteiger charge is -2.25. The van der Waals surface area contributed by atoms with Gasteiger partial charge in [0.05, 0.1) is 17.2 Å². The van der Waals surface area contributed by atoms with Gasteiger partial charge < -0.3 is 5.11 Å². The van der Waals surface area contributed by atoms with E-state index in [1.807, 2.05) is 0 Å². The van der Waals surface area contributed by atoms with E-state index in [0.29, 0.717) is 24.3 Å². The summed E-state index contributed by atoms with van der Waals surface area (Å²) in [6.45, 7) is 3.21. The third-order valence-corrected chi connectivity index (χ3v) is 5.60. The Hall–Kier alpha value is -3.41. The molecule has 3 rings (SSSR count). The van der Waals surface area contributed by atoms with Crippen molar-refractivity contribution in [2.24, 2.45) is 5.92 Å². The van der Waals surface area contributed by atoms with Crippen molar-refractivity contribution < 1.29 is 49.4 Å². The molecule has 1 aromatic heterocycles. The van der Waals surface area contributed by atoms with Crippen LogP contribution in [0.2, 0.25) is 0 Å². The average Bonchev–Trinajstić information content (AvgIpc) is 2.81. The molecule has 1 unspecified atom stereocenters. The van der Waals surface area contributed by atoms with Crippen LogP contribution in [0.4, 0.5) is 39.5 Å². The molecule has 204 valence electrons. The monoisotopic (exact) mass is 549 g/mol. The highest BCUT2D eigenvalue weighted by atomic mass is 19.4. The van der Waals surface area contributed by atoms with Crippen LogP contribution < -0.4 is 0 Å². The maximum absolute atomic E-state index is 14.2. The number of nitrogens with zero attached hydrogens (tertiary/aromatic N) is 1. The van der Waals surface area contributed by atoms with Crippen LogP contribution in [-0.2, 0) is 12.4 Å². The summed E-state index contributed by atoms with van der Waals surface area (Å²) in [4.78, 5) is 16.5. The molecule has 0 amide bonds. The van der Waals surface area contributed by atoms with Gasteiger partial charge in [-0.05, 0) is 42.2 Å². The van der Waals surface area contributed by atoms with E-state index >= 15 is 0 Å². The Labute approximate surface area is 210 Å². The molecule has 0 aliphatic carbocycles. The number of ketones is 1. The number of aliphatic hydroxyl groups excluding tert-OH is 1. The molecule has 0 saturated heterocycles. The molecule has 0 saturated carbocycles. The maximum atomic E-state index is 14.2. The lowest BCUT2D eigenvalue weighted by Crippen LogP contribution is -2.22. The first-order valence-corrected chi connectivity index (χ1v) is 11.1. The highest BCUT2D eigenvalue weighted by molar-refractivity contribution is 6.14. The van der Waals surface area contributed by atoms with E-state index in [0.717, 1.165) is 24.3 Å². The Morgan fingerprint density at radius 1 is 0.895 bits per heavy atom. The van der Waals surface area contributed by atoms with Crippen molar-refractivity contribution in [2.75, 3.05) is 0 Å². The van der Waals surface area contributed by atoms with Crippen LogP contribution in [-0.4, -0.2) is 15.9 Å². The summed E-state index contributed by atoms with van der Waals surface area (Å²) in [6.07, 6.45) is -15.9. The molecule has 0 radical (unpaired) electrons. The van der Waals surface area contributed by atoms with Crippen molar-refractivity contribution in [1.29, 1.82) is 0 Å². The number of alkyl halides is 8. The highest BCUT2D eigenvalue weighted by Gasteiger charge is 2.43. The average molecular weight is 549 g/mol. The third kappa shape index (κ3) is 6.17. The Morgan fingerprint density at radius 3 is 1.89 bits per heavy atom. The van der Waals surface area contributed by atoms with Gasteiger partial charge in [-0.25, -0.2) is 18.2 Å². The zero-order chi connectivity index (χ0) is 28.6. The smallest absolute Gasteiger partial charge is 0.388 e. The normalized spacial score (nSPS) is 13.3. The molecular weight excluding hydrogens is 529 g/mol. The molecule has 12 heteroatoms. The standard InChI is InChI=1S/C26H20F9NO2/c1-12(2)11-17(37)19-18(13-5-9-16(27)10-6-13)20(23(26(33,34)35)36-21(19)24(28)29)22(38)14-3-7-15(8-4-14)25(30,31)32/h3-10,12,17,24,37H,11H2,1-2H3. The van der Waals surface area contributed by atoms with Crippen molar-refractivity contribution in [3.63, 3.8) is 0 Å². The molecule has 0 fully saturated rings. The van der Waals surface area contributed by atoms with Crippen molar-refractivity contribution in [3.8, 4) is 11.1 Å². The molecule has 1 N–H and O–H groups in total. The van der Waals surface area contributed by atoms with Crippen LogP contribution in [0.3, 0.4) is 0 Å². The van der Waals surface area contributed by atoms with Crippen LogP contribution in [0, 0.1) is 11.7 Å². The van der Waals surface area contributed by atoms with Crippen molar-refractivity contribution in [3.05, 3.63) is 88.0 Å². The summed E-state index contributed by atoms with van der Waals surface area (Å²) in [5.41, 5.74) is -8.33. The predicted octanol–water partition coefficient (Wildman–Crippen LogP) is 8.17. The van der Waals surface area contributed by atoms with E-state index < -0.39 is 75.7 Å². The Kier molecular flexibility index (Phi) is 8.25. The van der Waals surface area contributed by atoms with Crippen LogP contribution >= 0.6 is 0 Å². The second-order valence-electron chi connectivity index (χ2n) is 8.86. The van der Waals surface area contributed by atoms with Gasteiger partial charge in [-0.3, -0.25) is 4.79 Å². The lowest BCUT2D eigenvalue weighted by atomic mass is 9.84. The number of aliphatic hydroxyl groups is 1. The van der Waals surface area contributed by atoms with Crippen LogP contribution in [0.1, 0.15) is 71.2 Å². The van der Waals surface area contributed by atoms with E-state index in [2.05, 4.69) is 4.98 Å². The summed E-state index contributed by atoms with van der Waals surface area (Å²) in [5.74, 6) is -2.64. The number of carbonyl (C=O) groups excluding carboxylic acids is 1. The van der Waals surface area contributed by atoms with E-state index in [1.165, 1.54) is 0 Å². The first-order valence-electron chi connectivity index (χ1n) is 11.1. The maximum Gasteiger partial charge on any atom is 0.434 e. The molecule has 1 atom stereocenters. The van der Waals surface area contributed by atoms with Crippen LogP contribution in [0.5, 0.6) is 0 Å². The summed E-state index contributed by atoms with van der Waals surface area (Å²) in [5, 5.41) is 10.8. The van der Waals surface area contributed by atoms with Gasteiger partial charge in [0, 0.05) is 16.7 Å². The largest absolute Gasteiger partial charge is 0.434 e. The molecule has 2 aromatic carbocycles. The number of carbonyl (C=O) groups is 1. The van der Waals surface area contributed by atoms with Gasteiger partial charge in [0.15, 0.2) is 11.5 Å². The SMILES string of the molecule is CC(C)CC(O)c1c(C(F)F)nc(C(F)(F)F)c(C(=O)c2ccc(C(F)(F)F)cc2)c1-c1ccc(F)cc1. The van der Waals surface area contributed by atoms with E-state index in [4.69, 9.17) is 0 Å². The van der Waals surface area contributed by atoms with Gasteiger partial charge in [-0.15, -0.1) is 0 Å². The summed E-state index contributed by atoms with van der Waals surface area (Å²) < 4.78 is 123. The predicted molar refractivity (Wildman–Crippen MR) is 119 cm³/mol. The van der Waals surface area contributed by atoms with E-state index in [9.17, 15) is 49.4 Å². The van der Waals surface area contributed by atoms with Gasteiger partial charge in [-0.2, -0.15) is 26.3 Å². The van der Waals surface area contributed by atoms with Gasteiger partial charge in [0.1, 0.15) is 11.5 Å². The molecular formula is C26H20F9NO2. The third-order valence-electron chi connectivity index (χ3n) is 5.60. The number of pyridine rings is 1. The first-order chi connectivity index (χ1) is 17.5. The van der Waals surface area contributed by atoms with Crippen LogP contribution in [0.25, 0.3) is 11.1 Å². The molecule has 1 heterocycles. The van der Waals surface area contributed by atoms with Gasteiger partial charge in [-0.1, -0.05) is 38.1 Å². The molecule has 3 nitrogen and oxygen atoms in total.